The molecule has 0 bridgehead atoms. The minimum absolute atomic E-state index is 0.210. The van der Waals surface area contributed by atoms with Crippen LogP contribution in [0.15, 0.2) is 23.3 Å². The van der Waals surface area contributed by atoms with E-state index in [9.17, 15) is 13.2 Å². The van der Waals surface area contributed by atoms with Crippen LogP contribution in [-0.4, -0.2) is 28.6 Å². The van der Waals surface area contributed by atoms with Crippen molar-refractivity contribution in [2.75, 3.05) is 11.9 Å². The third-order valence-corrected chi connectivity index (χ3v) is 2.92. The summed E-state index contributed by atoms with van der Waals surface area (Å²) in [5.74, 6) is 0. The Morgan fingerprint density at radius 2 is 1.95 bits per heavy atom. The van der Waals surface area contributed by atoms with Gasteiger partial charge >= 0.3 is 6.18 Å². The van der Waals surface area contributed by atoms with Crippen LogP contribution in [0.4, 0.5) is 18.9 Å². The first kappa shape index (κ1) is 18.0. The van der Waals surface area contributed by atoms with Gasteiger partial charge in [0.15, 0.2) is 5.11 Å². The van der Waals surface area contributed by atoms with Crippen molar-refractivity contribution in [1.82, 2.24) is 5.01 Å². The number of alkyl halides is 3. The van der Waals surface area contributed by atoms with Crippen LogP contribution in [0.3, 0.4) is 0 Å². The van der Waals surface area contributed by atoms with E-state index < -0.39 is 12.7 Å². The highest BCUT2D eigenvalue weighted by Crippen LogP contribution is 2.26. The van der Waals surface area contributed by atoms with Gasteiger partial charge in [0.05, 0.1) is 10.7 Å². The predicted molar refractivity (Wildman–Crippen MR) is 84.2 cm³/mol. The monoisotopic (exact) mass is 357 g/mol. The van der Waals surface area contributed by atoms with Gasteiger partial charge in [0.2, 0.25) is 0 Å². The molecule has 0 aliphatic carbocycles. The number of hydrogen-bond donors (Lipinski definition) is 1. The largest absolute Gasteiger partial charge is 0.408 e. The van der Waals surface area contributed by atoms with E-state index in [4.69, 9.17) is 35.4 Å². The lowest BCUT2D eigenvalue weighted by molar-refractivity contribution is -0.137. The van der Waals surface area contributed by atoms with Crippen molar-refractivity contribution in [2.24, 2.45) is 5.10 Å². The number of benzene rings is 1. The van der Waals surface area contributed by atoms with E-state index in [-0.39, 0.29) is 10.1 Å². The van der Waals surface area contributed by atoms with Crippen LogP contribution in [0.1, 0.15) is 13.8 Å². The van der Waals surface area contributed by atoms with Crippen LogP contribution in [0.2, 0.25) is 10.0 Å². The number of nitrogens with one attached hydrogen (secondary N) is 1. The molecule has 0 fully saturated rings. The first-order valence-electron chi connectivity index (χ1n) is 5.70. The van der Waals surface area contributed by atoms with Gasteiger partial charge in [0.25, 0.3) is 0 Å². The molecule has 0 aromatic heterocycles. The minimum Gasteiger partial charge on any atom is -0.330 e. The fourth-order valence-corrected chi connectivity index (χ4v) is 2.01. The normalized spacial score (nSPS) is 11.0. The average molecular weight is 358 g/mol. The van der Waals surface area contributed by atoms with Gasteiger partial charge in [-0.3, -0.25) is 0 Å². The van der Waals surface area contributed by atoms with Gasteiger partial charge in [-0.1, -0.05) is 23.2 Å². The van der Waals surface area contributed by atoms with Crippen LogP contribution in [0.25, 0.3) is 0 Å². The second-order valence-corrected chi connectivity index (χ2v) is 5.50. The molecule has 0 spiro atoms. The summed E-state index contributed by atoms with van der Waals surface area (Å²) in [7, 11) is 0. The van der Waals surface area contributed by atoms with Crippen molar-refractivity contribution in [2.45, 2.75) is 20.0 Å². The zero-order valence-electron chi connectivity index (χ0n) is 11.1. The van der Waals surface area contributed by atoms with Crippen LogP contribution < -0.4 is 5.32 Å². The Hall–Kier alpha value is -1.05. The quantitative estimate of drug-likeness (QED) is 0.471. The van der Waals surface area contributed by atoms with E-state index in [2.05, 4.69) is 10.4 Å². The molecule has 21 heavy (non-hydrogen) atoms. The molecule has 9 heteroatoms. The van der Waals surface area contributed by atoms with E-state index in [1.807, 2.05) is 0 Å². The van der Waals surface area contributed by atoms with E-state index in [0.717, 1.165) is 0 Å². The summed E-state index contributed by atoms with van der Waals surface area (Å²) in [6.45, 7) is 1.84. The van der Waals surface area contributed by atoms with Gasteiger partial charge in [0, 0.05) is 10.7 Å². The Kier molecular flexibility index (Phi) is 6.24. The maximum Gasteiger partial charge on any atom is 0.408 e. The van der Waals surface area contributed by atoms with E-state index in [0.29, 0.717) is 21.4 Å². The number of hydrazone groups is 1. The Bertz CT molecular complexity index is 557. The van der Waals surface area contributed by atoms with Crippen molar-refractivity contribution in [3.8, 4) is 0 Å². The Balaban J connectivity index is 2.93. The standard InChI is InChI=1S/C12H12Cl2F3N3S/c1-7(2)19-20(6-12(15,16)17)11(21)18-10-4-3-8(13)5-9(10)14/h3-5H,6H2,1-2H3,(H,18,21). The van der Waals surface area contributed by atoms with Crippen LogP contribution in [0, 0.1) is 0 Å². The van der Waals surface area contributed by atoms with E-state index >= 15 is 0 Å². The third-order valence-electron chi connectivity index (χ3n) is 2.06. The molecule has 0 heterocycles. The molecule has 0 atom stereocenters. The predicted octanol–water partition coefficient (Wildman–Crippen LogP) is 4.95. The van der Waals surface area contributed by atoms with Gasteiger partial charge in [-0.15, -0.1) is 0 Å². The van der Waals surface area contributed by atoms with E-state index in [1.165, 1.54) is 12.1 Å². The molecule has 116 valence electrons. The highest BCUT2D eigenvalue weighted by atomic mass is 35.5. The molecule has 0 aliphatic heterocycles. The number of anilines is 1. The molecule has 0 unspecified atom stereocenters. The summed E-state index contributed by atoms with van der Waals surface area (Å²) in [5.41, 5.74) is 0.785. The molecule has 1 rings (SSSR count). The molecule has 1 aromatic rings. The fourth-order valence-electron chi connectivity index (χ4n) is 1.33. The second-order valence-electron chi connectivity index (χ2n) is 4.27. The molecule has 0 radical (unpaired) electrons. The van der Waals surface area contributed by atoms with Gasteiger partial charge in [0.1, 0.15) is 6.54 Å². The lowest BCUT2D eigenvalue weighted by atomic mass is 10.3. The SMILES string of the molecule is CC(C)=NN(CC(F)(F)F)C(=S)Nc1ccc(Cl)cc1Cl. The van der Waals surface area contributed by atoms with Crippen molar-refractivity contribution in [1.29, 1.82) is 0 Å². The molecular weight excluding hydrogens is 346 g/mol. The minimum atomic E-state index is -4.44. The summed E-state index contributed by atoms with van der Waals surface area (Å²) < 4.78 is 37.6. The van der Waals surface area contributed by atoms with Gasteiger partial charge in [-0.2, -0.15) is 18.3 Å². The fraction of sp³-hybridized carbons (Fsp3) is 0.333. The summed E-state index contributed by atoms with van der Waals surface area (Å²) in [6, 6.07) is 4.52. The molecule has 3 nitrogen and oxygen atoms in total. The number of hydrogen-bond acceptors (Lipinski definition) is 2. The Labute approximate surface area is 135 Å². The number of rotatable bonds is 3. The van der Waals surface area contributed by atoms with Crippen molar-refractivity contribution in [3.63, 3.8) is 0 Å². The van der Waals surface area contributed by atoms with Crippen LogP contribution in [-0.2, 0) is 0 Å². The summed E-state index contributed by atoms with van der Waals surface area (Å²) >= 11 is 16.6. The average Bonchev–Trinajstić information content (AvgIpc) is 2.29. The summed E-state index contributed by atoms with van der Waals surface area (Å²) in [5, 5.41) is 7.49. The number of thiocarbonyl (C=S) groups is 1. The molecule has 0 saturated carbocycles. The Morgan fingerprint density at radius 3 is 2.43 bits per heavy atom. The first-order valence-corrected chi connectivity index (χ1v) is 6.87. The lowest BCUT2D eigenvalue weighted by Crippen LogP contribution is -2.38. The second kappa shape index (κ2) is 7.29. The number of nitrogens with zero attached hydrogens (tertiary/aromatic N) is 2. The van der Waals surface area contributed by atoms with Crippen molar-refractivity contribution in [3.05, 3.63) is 28.2 Å². The van der Waals surface area contributed by atoms with Crippen molar-refractivity contribution < 1.29 is 13.2 Å². The van der Waals surface area contributed by atoms with Gasteiger partial charge in [-0.25, -0.2) is 5.01 Å². The van der Waals surface area contributed by atoms with Gasteiger partial charge in [-0.05, 0) is 44.3 Å². The van der Waals surface area contributed by atoms with Crippen LogP contribution in [0.5, 0.6) is 0 Å². The van der Waals surface area contributed by atoms with Crippen LogP contribution >= 0.6 is 35.4 Å². The molecule has 1 N–H and O–H groups in total. The highest BCUT2D eigenvalue weighted by molar-refractivity contribution is 7.80. The maximum atomic E-state index is 12.5. The smallest absolute Gasteiger partial charge is 0.330 e. The third kappa shape index (κ3) is 6.50. The topological polar surface area (TPSA) is 27.6 Å². The highest BCUT2D eigenvalue weighted by Gasteiger charge is 2.32. The maximum absolute atomic E-state index is 12.5. The lowest BCUT2D eigenvalue weighted by Gasteiger charge is -2.23. The molecule has 0 amide bonds. The van der Waals surface area contributed by atoms with Crippen molar-refractivity contribution >= 4 is 51.9 Å². The summed E-state index contributed by atoms with van der Waals surface area (Å²) in [4.78, 5) is 0. The first-order chi connectivity index (χ1) is 9.58. The Morgan fingerprint density at radius 1 is 1.33 bits per heavy atom. The number of halogens is 5. The zero-order chi connectivity index (χ0) is 16.2. The van der Waals surface area contributed by atoms with Gasteiger partial charge < -0.3 is 5.32 Å². The molecule has 0 aliphatic rings. The molecular formula is C12H12Cl2F3N3S. The zero-order valence-corrected chi connectivity index (χ0v) is 13.5. The molecule has 1 aromatic carbocycles. The molecule has 0 saturated heterocycles. The summed E-state index contributed by atoms with van der Waals surface area (Å²) in [6.07, 6.45) is -4.44. The van der Waals surface area contributed by atoms with E-state index in [1.54, 1.807) is 19.9 Å².